The highest BCUT2D eigenvalue weighted by Gasteiger charge is 2.23. The molecule has 0 aliphatic heterocycles. The number of nitrogens with one attached hydrogen (secondary N) is 1. The summed E-state index contributed by atoms with van der Waals surface area (Å²) in [6, 6.07) is 3.32. The number of carbonyl (C=O) groups is 1. The molecule has 21 heavy (non-hydrogen) atoms. The van der Waals surface area contributed by atoms with Crippen molar-refractivity contribution in [2.24, 2.45) is 0 Å². The van der Waals surface area contributed by atoms with Crippen LogP contribution in [0.2, 0.25) is 0 Å². The van der Waals surface area contributed by atoms with Gasteiger partial charge in [-0.2, -0.15) is 16.2 Å². The van der Waals surface area contributed by atoms with Crippen molar-refractivity contribution in [1.29, 1.82) is 0 Å². The van der Waals surface area contributed by atoms with Crippen LogP contribution in [0.4, 0.5) is 10.1 Å². The van der Waals surface area contributed by atoms with Crippen molar-refractivity contribution < 1.29 is 14.1 Å². The Morgan fingerprint density at radius 2 is 2.05 bits per heavy atom. The van der Waals surface area contributed by atoms with Crippen LogP contribution in [0.5, 0.6) is 0 Å². The number of thioether (sulfide) groups is 1. The lowest BCUT2D eigenvalue weighted by atomic mass is 9.94. The first-order chi connectivity index (χ1) is 10.0. The zero-order valence-corrected chi connectivity index (χ0v) is 12.5. The molecule has 0 saturated heterocycles. The fourth-order valence-electron chi connectivity index (χ4n) is 2.51. The summed E-state index contributed by atoms with van der Waals surface area (Å²) in [6.45, 7) is 0. The zero-order chi connectivity index (χ0) is 15.4. The van der Waals surface area contributed by atoms with Crippen LogP contribution in [-0.4, -0.2) is 28.4 Å². The van der Waals surface area contributed by atoms with Gasteiger partial charge in [-0.1, -0.05) is 0 Å². The molecule has 0 heterocycles. The molecule has 2 rings (SSSR count). The zero-order valence-electron chi connectivity index (χ0n) is 11.7. The maximum atomic E-state index is 13.5. The van der Waals surface area contributed by atoms with Crippen molar-refractivity contribution in [2.45, 2.75) is 37.0 Å². The Balaban J connectivity index is 1.98. The van der Waals surface area contributed by atoms with E-state index >= 15 is 0 Å². The number of hydrogen-bond donors (Lipinski definition) is 1. The molecule has 1 amide bonds. The van der Waals surface area contributed by atoms with E-state index in [1.165, 1.54) is 6.07 Å². The molecule has 0 unspecified atom stereocenters. The minimum atomic E-state index is -0.987. The third-order valence-electron chi connectivity index (χ3n) is 3.75. The fourth-order valence-corrected chi connectivity index (χ4v) is 3.25. The first kappa shape index (κ1) is 15.8. The van der Waals surface area contributed by atoms with E-state index in [1.807, 2.05) is 11.8 Å². The number of nitro benzene ring substituents is 1. The van der Waals surface area contributed by atoms with Gasteiger partial charge in [-0.25, -0.2) is 0 Å². The largest absolute Gasteiger partial charge is 0.349 e. The van der Waals surface area contributed by atoms with Crippen molar-refractivity contribution in [3.63, 3.8) is 0 Å². The van der Waals surface area contributed by atoms with E-state index in [0.29, 0.717) is 5.25 Å². The highest BCUT2D eigenvalue weighted by atomic mass is 32.2. The summed E-state index contributed by atoms with van der Waals surface area (Å²) in [6.07, 6.45) is 6.02. The van der Waals surface area contributed by atoms with E-state index < -0.39 is 16.4 Å². The molecule has 0 atom stereocenters. The number of halogens is 1. The highest BCUT2D eigenvalue weighted by Crippen LogP contribution is 2.27. The monoisotopic (exact) mass is 312 g/mol. The molecule has 1 fully saturated rings. The second-order valence-electron chi connectivity index (χ2n) is 5.11. The van der Waals surface area contributed by atoms with Crippen molar-refractivity contribution in [1.82, 2.24) is 5.32 Å². The number of nitrogens with zero attached hydrogens (tertiary/aromatic N) is 1. The quantitative estimate of drug-likeness (QED) is 0.685. The maximum Gasteiger partial charge on any atom is 0.304 e. The second-order valence-corrected chi connectivity index (χ2v) is 6.24. The van der Waals surface area contributed by atoms with Crippen LogP contribution in [0.25, 0.3) is 0 Å². The lowest BCUT2D eigenvalue weighted by Crippen LogP contribution is -2.38. The molecular formula is C14H17FN2O3S. The molecule has 1 saturated carbocycles. The van der Waals surface area contributed by atoms with Crippen molar-refractivity contribution in [3.8, 4) is 0 Å². The smallest absolute Gasteiger partial charge is 0.304 e. The van der Waals surface area contributed by atoms with Crippen molar-refractivity contribution >= 4 is 23.4 Å². The molecule has 1 aromatic rings. The van der Waals surface area contributed by atoms with Crippen molar-refractivity contribution in [3.05, 3.63) is 39.7 Å². The summed E-state index contributed by atoms with van der Waals surface area (Å²) in [4.78, 5) is 21.8. The Labute approximate surface area is 126 Å². The van der Waals surface area contributed by atoms with Crippen LogP contribution in [0, 0.1) is 15.9 Å². The summed E-state index contributed by atoms with van der Waals surface area (Å²) >= 11 is 1.84. The lowest BCUT2D eigenvalue weighted by Gasteiger charge is -2.28. The minimum Gasteiger partial charge on any atom is -0.349 e. The van der Waals surface area contributed by atoms with Crippen LogP contribution in [0.3, 0.4) is 0 Å². The first-order valence-corrected chi connectivity index (χ1v) is 8.07. The Hall–Kier alpha value is -1.63. The fraction of sp³-hybridized carbons (Fsp3) is 0.500. The number of nitro groups is 1. The molecule has 1 aliphatic rings. The molecule has 1 aromatic carbocycles. The average molecular weight is 312 g/mol. The molecule has 114 valence electrons. The Kier molecular flexibility index (Phi) is 5.17. The van der Waals surface area contributed by atoms with Gasteiger partial charge in [0.1, 0.15) is 0 Å². The standard InChI is InChI=1S/C14H17FN2O3S/c1-21-11-5-3-10(4-6-11)16-14(18)9-2-7-13(17(19)20)12(15)8-9/h2,7-8,10-11H,3-6H2,1H3,(H,16,18). The van der Waals surface area contributed by atoms with Crippen LogP contribution in [0.1, 0.15) is 36.0 Å². The molecule has 1 aliphatic carbocycles. The Morgan fingerprint density at radius 1 is 1.38 bits per heavy atom. The predicted molar refractivity (Wildman–Crippen MR) is 80.1 cm³/mol. The van der Waals surface area contributed by atoms with Gasteiger partial charge < -0.3 is 5.32 Å². The van der Waals surface area contributed by atoms with Crippen LogP contribution in [0.15, 0.2) is 18.2 Å². The van der Waals surface area contributed by atoms with E-state index in [2.05, 4.69) is 11.6 Å². The second kappa shape index (κ2) is 6.89. The van der Waals surface area contributed by atoms with Gasteiger partial charge in [0, 0.05) is 22.9 Å². The maximum absolute atomic E-state index is 13.5. The Bertz CT molecular complexity index is 545. The molecule has 1 N–H and O–H groups in total. The topological polar surface area (TPSA) is 72.2 Å². The number of carbonyl (C=O) groups excluding carboxylic acids is 1. The van der Waals surface area contributed by atoms with Gasteiger partial charge in [0.2, 0.25) is 5.82 Å². The predicted octanol–water partition coefficient (Wildman–Crippen LogP) is 3.14. The number of hydrogen-bond acceptors (Lipinski definition) is 4. The molecule has 7 heteroatoms. The normalized spacial score (nSPS) is 21.8. The summed E-state index contributed by atoms with van der Waals surface area (Å²) in [5.41, 5.74) is -0.503. The molecule has 0 aromatic heterocycles. The summed E-state index contributed by atoms with van der Waals surface area (Å²) in [7, 11) is 0. The first-order valence-electron chi connectivity index (χ1n) is 6.79. The Morgan fingerprint density at radius 3 is 2.57 bits per heavy atom. The summed E-state index contributed by atoms with van der Waals surface area (Å²) < 4.78 is 13.5. The molecule has 0 radical (unpaired) electrons. The van der Waals surface area contributed by atoms with E-state index in [0.717, 1.165) is 37.8 Å². The van der Waals surface area contributed by atoms with Gasteiger partial charge in [-0.05, 0) is 44.1 Å². The van der Waals surface area contributed by atoms with Gasteiger partial charge in [0.05, 0.1) is 4.92 Å². The highest BCUT2D eigenvalue weighted by molar-refractivity contribution is 7.99. The van der Waals surface area contributed by atoms with E-state index in [9.17, 15) is 19.3 Å². The van der Waals surface area contributed by atoms with Crippen molar-refractivity contribution in [2.75, 3.05) is 6.26 Å². The van der Waals surface area contributed by atoms with Gasteiger partial charge in [0.25, 0.3) is 5.91 Å². The van der Waals surface area contributed by atoms with Crippen LogP contribution < -0.4 is 5.32 Å². The summed E-state index contributed by atoms with van der Waals surface area (Å²) in [5.74, 6) is -1.37. The van der Waals surface area contributed by atoms with Gasteiger partial charge in [-0.15, -0.1) is 0 Å². The van der Waals surface area contributed by atoms with Crippen LogP contribution in [-0.2, 0) is 0 Å². The van der Waals surface area contributed by atoms with Gasteiger partial charge in [-0.3, -0.25) is 14.9 Å². The van der Waals surface area contributed by atoms with E-state index in [4.69, 9.17) is 0 Å². The van der Waals surface area contributed by atoms with Crippen LogP contribution >= 0.6 is 11.8 Å². The summed E-state index contributed by atoms with van der Waals surface area (Å²) in [5, 5.41) is 14.1. The average Bonchev–Trinajstić information content (AvgIpc) is 2.47. The third kappa shape index (κ3) is 3.93. The number of rotatable bonds is 4. The molecular weight excluding hydrogens is 295 g/mol. The third-order valence-corrected chi connectivity index (χ3v) is 4.89. The van der Waals surface area contributed by atoms with E-state index in [-0.39, 0.29) is 17.5 Å². The lowest BCUT2D eigenvalue weighted by molar-refractivity contribution is -0.387. The molecule has 5 nitrogen and oxygen atoms in total. The number of benzene rings is 1. The SMILES string of the molecule is CSC1CCC(NC(=O)c2ccc([N+](=O)[O-])c(F)c2)CC1. The van der Waals surface area contributed by atoms with Gasteiger partial charge >= 0.3 is 5.69 Å². The van der Waals surface area contributed by atoms with E-state index in [1.54, 1.807) is 0 Å². The number of amides is 1. The molecule has 0 bridgehead atoms. The molecule has 0 spiro atoms. The van der Waals surface area contributed by atoms with Gasteiger partial charge in [0.15, 0.2) is 0 Å². The minimum absolute atomic E-state index is 0.0964.